The molecular formula is C22H25ClN4O2S. The molecule has 0 saturated heterocycles. The van der Waals surface area contributed by atoms with E-state index >= 15 is 0 Å². The normalized spacial score (nSPS) is 11.4. The van der Waals surface area contributed by atoms with E-state index in [0.29, 0.717) is 29.7 Å². The third-order valence-corrected chi connectivity index (χ3v) is 5.06. The predicted octanol–water partition coefficient (Wildman–Crippen LogP) is 5.64. The summed E-state index contributed by atoms with van der Waals surface area (Å²) < 4.78 is 13.5. The quantitative estimate of drug-likeness (QED) is 0.316. The highest BCUT2D eigenvalue weighted by Crippen LogP contribution is 2.29. The van der Waals surface area contributed by atoms with Crippen molar-refractivity contribution in [3.8, 4) is 11.5 Å². The van der Waals surface area contributed by atoms with E-state index in [9.17, 15) is 0 Å². The van der Waals surface area contributed by atoms with Crippen molar-refractivity contribution in [3.63, 3.8) is 0 Å². The van der Waals surface area contributed by atoms with Crippen LogP contribution in [0.25, 0.3) is 0 Å². The molecule has 8 heteroatoms. The molecule has 0 aliphatic carbocycles. The van der Waals surface area contributed by atoms with Crippen LogP contribution in [0.5, 0.6) is 11.5 Å². The van der Waals surface area contributed by atoms with Crippen LogP contribution in [0.15, 0.2) is 52.7 Å². The Bertz CT molecular complexity index is 1020. The van der Waals surface area contributed by atoms with Crippen molar-refractivity contribution in [1.82, 2.24) is 14.9 Å². The molecule has 0 saturated carbocycles. The van der Waals surface area contributed by atoms with Gasteiger partial charge >= 0.3 is 0 Å². The summed E-state index contributed by atoms with van der Waals surface area (Å²) in [7, 11) is 0. The van der Waals surface area contributed by atoms with Gasteiger partial charge in [0.2, 0.25) is 5.16 Å². The molecule has 0 unspecified atom stereocenters. The fourth-order valence-electron chi connectivity index (χ4n) is 2.78. The van der Waals surface area contributed by atoms with Crippen LogP contribution in [-0.4, -0.2) is 34.0 Å². The van der Waals surface area contributed by atoms with Crippen LogP contribution < -0.4 is 9.47 Å². The van der Waals surface area contributed by atoms with Crippen LogP contribution in [0.4, 0.5) is 0 Å². The van der Waals surface area contributed by atoms with E-state index in [4.69, 9.17) is 21.1 Å². The maximum absolute atomic E-state index is 6.05. The van der Waals surface area contributed by atoms with Crippen LogP contribution in [0.2, 0.25) is 5.02 Å². The molecule has 0 fully saturated rings. The lowest BCUT2D eigenvalue weighted by Crippen LogP contribution is -2.03. The van der Waals surface area contributed by atoms with Gasteiger partial charge in [0.05, 0.1) is 12.8 Å². The molecule has 30 heavy (non-hydrogen) atoms. The van der Waals surface area contributed by atoms with Crippen molar-refractivity contribution in [2.75, 3.05) is 12.9 Å². The molecule has 158 valence electrons. The molecule has 6 nitrogen and oxygen atoms in total. The largest absolute Gasteiger partial charge is 0.490 e. The summed E-state index contributed by atoms with van der Waals surface area (Å²) in [6.07, 6.45) is 3.73. The molecule has 2 aromatic carbocycles. The smallest absolute Gasteiger partial charge is 0.211 e. The first-order chi connectivity index (χ1) is 14.5. The number of hydrogen-bond acceptors (Lipinski definition) is 6. The zero-order chi connectivity index (χ0) is 21.5. The Labute approximate surface area is 186 Å². The highest BCUT2D eigenvalue weighted by atomic mass is 35.5. The molecule has 0 bridgehead atoms. The molecular weight excluding hydrogens is 420 g/mol. The van der Waals surface area contributed by atoms with Crippen molar-refractivity contribution >= 4 is 29.6 Å². The van der Waals surface area contributed by atoms with E-state index in [1.54, 1.807) is 10.9 Å². The van der Waals surface area contributed by atoms with E-state index < -0.39 is 0 Å². The zero-order valence-electron chi connectivity index (χ0n) is 17.5. The number of halogens is 1. The number of thioether (sulfide) groups is 1. The fraction of sp³-hybridized carbons (Fsp3) is 0.318. The number of aromatic nitrogens is 3. The van der Waals surface area contributed by atoms with Gasteiger partial charge in [-0.25, -0.2) is 0 Å². The van der Waals surface area contributed by atoms with Gasteiger partial charge in [-0.2, -0.15) is 9.78 Å². The highest BCUT2D eigenvalue weighted by Gasteiger charge is 2.14. The van der Waals surface area contributed by atoms with Gasteiger partial charge in [0, 0.05) is 10.9 Å². The number of benzene rings is 2. The molecule has 0 radical (unpaired) electrons. The minimum Gasteiger partial charge on any atom is -0.490 e. The summed E-state index contributed by atoms with van der Waals surface area (Å²) >= 11 is 7.56. The Kier molecular flexibility index (Phi) is 7.76. The van der Waals surface area contributed by atoms with E-state index in [2.05, 4.69) is 29.1 Å². The molecule has 1 aromatic heterocycles. The monoisotopic (exact) mass is 444 g/mol. The van der Waals surface area contributed by atoms with Crippen LogP contribution >= 0.6 is 23.4 Å². The lowest BCUT2D eigenvalue weighted by Gasteiger charge is -2.13. The third kappa shape index (κ3) is 5.55. The van der Waals surface area contributed by atoms with Gasteiger partial charge in [-0.3, -0.25) is 0 Å². The lowest BCUT2D eigenvalue weighted by atomic mass is 10.2. The van der Waals surface area contributed by atoms with Crippen LogP contribution in [0.3, 0.4) is 0 Å². The molecule has 1 heterocycles. The Morgan fingerprint density at radius 2 is 1.97 bits per heavy atom. The average Bonchev–Trinajstić information content (AvgIpc) is 3.15. The number of rotatable bonds is 9. The summed E-state index contributed by atoms with van der Waals surface area (Å²) in [5, 5.41) is 14.5. The van der Waals surface area contributed by atoms with Gasteiger partial charge in [-0.05, 0) is 54.6 Å². The molecule has 3 rings (SSSR count). The van der Waals surface area contributed by atoms with Crippen molar-refractivity contribution in [3.05, 3.63) is 64.4 Å². The van der Waals surface area contributed by atoms with E-state index in [0.717, 1.165) is 22.1 Å². The molecule has 3 aromatic rings. The van der Waals surface area contributed by atoms with E-state index in [1.807, 2.05) is 55.6 Å². The van der Waals surface area contributed by atoms with E-state index in [-0.39, 0.29) is 5.92 Å². The zero-order valence-corrected chi connectivity index (χ0v) is 19.1. The molecule has 0 spiro atoms. The summed E-state index contributed by atoms with van der Waals surface area (Å²) in [5.74, 6) is 2.38. The summed E-state index contributed by atoms with van der Waals surface area (Å²) in [5.41, 5.74) is 1.89. The molecule has 0 amide bonds. The third-order valence-electron chi connectivity index (χ3n) is 4.21. The summed E-state index contributed by atoms with van der Waals surface area (Å²) in [4.78, 5) is 0. The summed E-state index contributed by atoms with van der Waals surface area (Å²) in [6.45, 7) is 7.02. The maximum Gasteiger partial charge on any atom is 0.211 e. The fourth-order valence-corrected chi connectivity index (χ4v) is 3.43. The highest BCUT2D eigenvalue weighted by molar-refractivity contribution is 7.98. The Balaban J connectivity index is 1.81. The Morgan fingerprint density at radius 1 is 1.13 bits per heavy atom. The Morgan fingerprint density at radius 3 is 2.67 bits per heavy atom. The minimum atomic E-state index is 0.219. The van der Waals surface area contributed by atoms with E-state index in [1.165, 1.54) is 11.8 Å². The van der Waals surface area contributed by atoms with Gasteiger partial charge in [-0.15, -0.1) is 10.2 Å². The van der Waals surface area contributed by atoms with Crippen molar-refractivity contribution in [1.29, 1.82) is 0 Å². The first-order valence-electron chi connectivity index (χ1n) is 9.69. The van der Waals surface area contributed by atoms with Gasteiger partial charge in [0.15, 0.2) is 17.3 Å². The molecule has 0 N–H and O–H groups in total. The minimum absolute atomic E-state index is 0.219. The predicted molar refractivity (Wildman–Crippen MR) is 122 cm³/mol. The van der Waals surface area contributed by atoms with Gasteiger partial charge < -0.3 is 9.47 Å². The van der Waals surface area contributed by atoms with Gasteiger partial charge in [0.1, 0.15) is 6.61 Å². The molecule has 0 aliphatic rings. The number of nitrogens with zero attached hydrogens (tertiary/aromatic N) is 4. The van der Waals surface area contributed by atoms with Crippen LogP contribution in [0, 0.1) is 0 Å². The SMILES string of the molecule is CCOc1cc(/C=N\n2c(SC)nnc2C(C)C)ccc1OCc1cccc(Cl)c1. The maximum atomic E-state index is 6.05. The molecule has 0 aliphatic heterocycles. The second-order valence-corrected chi connectivity index (χ2v) is 8.02. The Hall–Kier alpha value is -2.51. The number of hydrogen-bond donors (Lipinski definition) is 0. The lowest BCUT2D eigenvalue weighted by molar-refractivity contribution is 0.269. The summed E-state index contributed by atoms with van der Waals surface area (Å²) in [6, 6.07) is 13.4. The topological polar surface area (TPSA) is 61.5 Å². The first-order valence-corrected chi connectivity index (χ1v) is 11.3. The van der Waals surface area contributed by atoms with Crippen molar-refractivity contribution < 1.29 is 9.47 Å². The van der Waals surface area contributed by atoms with Crippen molar-refractivity contribution in [2.24, 2.45) is 5.10 Å². The van der Waals surface area contributed by atoms with Crippen LogP contribution in [-0.2, 0) is 6.61 Å². The van der Waals surface area contributed by atoms with Crippen molar-refractivity contribution in [2.45, 2.75) is 38.5 Å². The number of ether oxygens (including phenoxy) is 2. The second kappa shape index (κ2) is 10.5. The first kappa shape index (κ1) is 22.2. The van der Waals surface area contributed by atoms with Crippen LogP contribution in [0.1, 0.15) is 43.6 Å². The average molecular weight is 445 g/mol. The standard InChI is InChI=1S/C22H25ClN4O2S/c1-5-28-20-12-16(13-24-27-21(15(2)3)25-26-22(27)30-4)9-10-19(20)29-14-17-7-6-8-18(23)11-17/h6-13,15H,5,14H2,1-4H3/b24-13-. The van der Waals surface area contributed by atoms with Gasteiger partial charge in [-0.1, -0.05) is 49.3 Å². The molecule has 0 atom stereocenters. The second-order valence-electron chi connectivity index (χ2n) is 6.81. The van der Waals surface area contributed by atoms with Gasteiger partial charge in [0.25, 0.3) is 0 Å².